The lowest BCUT2D eigenvalue weighted by Crippen LogP contribution is -2.46. The summed E-state index contributed by atoms with van der Waals surface area (Å²) in [6.07, 6.45) is 6.08. The quantitative estimate of drug-likeness (QED) is 0.567. The van der Waals surface area contributed by atoms with E-state index in [1.54, 1.807) is 27.9 Å². The van der Waals surface area contributed by atoms with Gasteiger partial charge in [-0.3, -0.25) is 9.59 Å². The number of nitrogens with one attached hydrogen (secondary N) is 1. The lowest BCUT2D eigenvalue weighted by atomic mass is 9.92. The molecule has 8 heteroatoms. The molecule has 1 atom stereocenters. The zero-order chi connectivity index (χ0) is 23.3. The fraction of sp³-hybridized carbons (Fsp3) is 0.269. The van der Waals surface area contributed by atoms with Crippen molar-refractivity contribution in [2.45, 2.75) is 12.5 Å². The number of aromatic nitrogens is 2. The smallest absolute Gasteiger partial charge is 0.275 e. The summed E-state index contributed by atoms with van der Waals surface area (Å²) < 4.78 is 13.1. The highest BCUT2D eigenvalue weighted by molar-refractivity contribution is 5.95. The third-order valence-electron chi connectivity index (χ3n) is 6.05. The van der Waals surface area contributed by atoms with Crippen LogP contribution in [0.5, 0.6) is 5.75 Å². The first-order valence-corrected chi connectivity index (χ1v) is 11.4. The number of nitrogens with zero attached hydrogens (tertiary/aromatic N) is 3. The molecule has 0 saturated heterocycles. The van der Waals surface area contributed by atoms with E-state index in [1.807, 2.05) is 48.5 Å². The number of benzene rings is 2. The Hall–Kier alpha value is -3.91. The molecule has 3 heterocycles. The van der Waals surface area contributed by atoms with Crippen molar-refractivity contribution in [3.8, 4) is 11.4 Å². The van der Waals surface area contributed by atoms with Gasteiger partial charge < -0.3 is 19.7 Å². The van der Waals surface area contributed by atoms with E-state index in [0.29, 0.717) is 18.9 Å². The summed E-state index contributed by atoms with van der Waals surface area (Å²) in [5.41, 5.74) is 3.25. The Morgan fingerprint density at radius 2 is 1.76 bits per heavy atom. The summed E-state index contributed by atoms with van der Waals surface area (Å²) in [6.45, 7) is 1.38. The van der Waals surface area contributed by atoms with Gasteiger partial charge in [0, 0.05) is 13.1 Å². The number of ether oxygens (including phenoxy) is 2. The molecule has 0 saturated carbocycles. The van der Waals surface area contributed by atoms with Gasteiger partial charge in [0.2, 0.25) is 5.91 Å². The Bertz CT molecular complexity index is 1200. The first-order valence-electron chi connectivity index (χ1n) is 11.4. The van der Waals surface area contributed by atoms with E-state index in [1.165, 1.54) is 5.56 Å². The molecule has 2 aliphatic heterocycles. The minimum absolute atomic E-state index is 0.0122. The fourth-order valence-electron chi connectivity index (χ4n) is 4.35. The lowest BCUT2D eigenvalue weighted by Gasteiger charge is -2.37. The minimum Gasteiger partial charge on any atom is -0.485 e. The van der Waals surface area contributed by atoms with E-state index < -0.39 is 0 Å². The number of carbonyl (C=O) groups is 2. The molecule has 8 nitrogen and oxygen atoms in total. The maximum absolute atomic E-state index is 13.2. The summed E-state index contributed by atoms with van der Waals surface area (Å²) in [5.74, 6) is -0.0590. The highest BCUT2D eigenvalue weighted by atomic mass is 16.5. The van der Waals surface area contributed by atoms with Crippen LogP contribution in [-0.4, -0.2) is 59.4 Å². The molecule has 174 valence electrons. The number of amides is 2. The van der Waals surface area contributed by atoms with E-state index in [4.69, 9.17) is 9.47 Å². The molecule has 5 rings (SSSR count). The second-order valence-electron chi connectivity index (χ2n) is 8.18. The number of fused-ring (bicyclic) bond motifs is 4. The van der Waals surface area contributed by atoms with Gasteiger partial charge in [-0.1, -0.05) is 48.5 Å². The van der Waals surface area contributed by atoms with Crippen LogP contribution in [0.15, 0.2) is 72.9 Å². The van der Waals surface area contributed by atoms with Crippen molar-refractivity contribution in [3.05, 3.63) is 89.8 Å². The molecule has 1 aromatic heterocycles. The van der Waals surface area contributed by atoms with Gasteiger partial charge in [0.25, 0.3) is 5.91 Å². The van der Waals surface area contributed by atoms with E-state index in [0.717, 1.165) is 17.7 Å². The van der Waals surface area contributed by atoms with Crippen molar-refractivity contribution in [2.75, 3.05) is 32.9 Å². The average molecular weight is 459 g/mol. The van der Waals surface area contributed by atoms with Crippen molar-refractivity contribution in [2.24, 2.45) is 0 Å². The van der Waals surface area contributed by atoms with Crippen LogP contribution in [0.25, 0.3) is 5.69 Å². The van der Waals surface area contributed by atoms with Crippen molar-refractivity contribution < 1.29 is 19.1 Å². The number of carbonyl (C=O) groups excluding carboxylic acids is 2. The zero-order valence-corrected chi connectivity index (χ0v) is 18.7. The van der Waals surface area contributed by atoms with E-state index in [9.17, 15) is 9.59 Å². The maximum Gasteiger partial charge on any atom is 0.275 e. The van der Waals surface area contributed by atoms with Gasteiger partial charge in [0.1, 0.15) is 13.2 Å². The number of rotatable bonds is 1. The SMILES string of the molecule is O=C1NCC2c3ccccc3CCN2C(=O)COC/C=C/COc2cn(-c3ccccc3)nc21. The van der Waals surface area contributed by atoms with Crippen LogP contribution in [-0.2, 0) is 16.0 Å². The molecule has 0 radical (unpaired) electrons. The summed E-state index contributed by atoms with van der Waals surface area (Å²) >= 11 is 0. The Kier molecular flexibility index (Phi) is 6.40. The molecule has 2 aromatic carbocycles. The standard InChI is InChI=1S/C26H26N4O4/c31-24-18-33-14-6-7-15-34-23-17-30(20-9-2-1-3-10-20)28-25(23)26(32)27-16-22-21-11-5-4-8-19(21)12-13-29(22)24/h1-11,17,22H,12-16,18H2,(H,27,32)/b7-6+. The molecule has 2 aliphatic rings. The lowest BCUT2D eigenvalue weighted by molar-refractivity contribution is -0.138. The van der Waals surface area contributed by atoms with Gasteiger partial charge in [-0.2, -0.15) is 5.10 Å². The minimum atomic E-state index is -0.352. The molecular weight excluding hydrogens is 432 g/mol. The monoisotopic (exact) mass is 458 g/mol. The molecule has 2 amide bonds. The molecule has 1 N–H and O–H groups in total. The predicted octanol–water partition coefficient (Wildman–Crippen LogP) is 2.69. The van der Waals surface area contributed by atoms with Crippen molar-refractivity contribution in [1.29, 1.82) is 0 Å². The molecule has 0 fully saturated rings. The number of para-hydroxylation sites is 1. The van der Waals surface area contributed by atoms with Gasteiger partial charge in [0.05, 0.1) is 24.5 Å². The Labute approximate surface area is 197 Å². The maximum atomic E-state index is 13.2. The van der Waals surface area contributed by atoms with Gasteiger partial charge >= 0.3 is 0 Å². The number of hydrogen-bond acceptors (Lipinski definition) is 5. The van der Waals surface area contributed by atoms with Crippen LogP contribution in [0.4, 0.5) is 0 Å². The topological polar surface area (TPSA) is 85.7 Å². The third-order valence-corrected chi connectivity index (χ3v) is 6.05. The first-order chi connectivity index (χ1) is 16.7. The van der Waals surface area contributed by atoms with Gasteiger partial charge in [-0.25, -0.2) is 4.68 Å². The van der Waals surface area contributed by atoms with Crippen LogP contribution < -0.4 is 10.1 Å². The van der Waals surface area contributed by atoms with Crippen LogP contribution in [0, 0.1) is 0 Å². The van der Waals surface area contributed by atoms with Crippen molar-refractivity contribution in [1.82, 2.24) is 20.0 Å². The summed E-state index contributed by atoms with van der Waals surface area (Å²) in [5, 5.41) is 7.49. The normalized spacial score (nSPS) is 20.0. The number of hydrogen-bond donors (Lipinski definition) is 1. The van der Waals surface area contributed by atoms with E-state index in [-0.39, 0.29) is 43.3 Å². The Morgan fingerprint density at radius 1 is 0.971 bits per heavy atom. The van der Waals surface area contributed by atoms with Gasteiger partial charge in [-0.15, -0.1) is 0 Å². The second kappa shape index (κ2) is 9.93. The van der Waals surface area contributed by atoms with E-state index in [2.05, 4.69) is 16.5 Å². The summed E-state index contributed by atoms with van der Waals surface area (Å²) in [7, 11) is 0. The first kappa shape index (κ1) is 21.9. The zero-order valence-electron chi connectivity index (χ0n) is 18.7. The molecule has 0 spiro atoms. The molecular formula is C26H26N4O4. The summed E-state index contributed by atoms with van der Waals surface area (Å²) in [4.78, 5) is 28.0. The average Bonchev–Trinajstić information content (AvgIpc) is 3.30. The second-order valence-corrected chi connectivity index (χ2v) is 8.18. The van der Waals surface area contributed by atoms with Crippen LogP contribution in [0.2, 0.25) is 0 Å². The highest BCUT2D eigenvalue weighted by Gasteiger charge is 2.31. The highest BCUT2D eigenvalue weighted by Crippen LogP contribution is 2.30. The fourth-order valence-corrected chi connectivity index (χ4v) is 4.35. The molecule has 1 unspecified atom stereocenters. The molecule has 0 aliphatic carbocycles. The van der Waals surface area contributed by atoms with Gasteiger partial charge in [0.15, 0.2) is 11.4 Å². The van der Waals surface area contributed by atoms with E-state index >= 15 is 0 Å². The van der Waals surface area contributed by atoms with Crippen LogP contribution >= 0.6 is 0 Å². The van der Waals surface area contributed by atoms with Crippen molar-refractivity contribution in [3.63, 3.8) is 0 Å². The molecule has 34 heavy (non-hydrogen) atoms. The van der Waals surface area contributed by atoms with Crippen LogP contribution in [0.3, 0.4) is 0 Å². The molecule has 3 aromatic rings. The third kappa shape index (κ3) is 4.58. The van der Waals surface area contributed by atoms with Crippen molar-refractivity contribution >= 4 is 11.8 Å². The van der Waals surface area contributed by atoms with Gasteiger partial charge in [-0.05, 0) is 35.8 Å². The predicted molar refractivity (Wildman–Crippen MR) is 126 cm³/mol. The largest absolute Gasteiger partial charge is 0.485 e. The molecule has 0 bridgehead atoms. The van der Waals surface area contributed by atoms with Crippen LogP contribution in [0.1, 0.15) is 27.7 Å². The Balaban J connectivity index is 1.47. The summed E-state index contributed by atoms with van der Waals surface area (Å²) in [6, 6.07) is 17.3. The Morgan fingerprint density at radius 3 is 2.65 bits per heavy atom.